The average Bonchev–Trinajstić information content (AvgIpc) is 2.18. The first-order valence-electron chi connectivity index (χ1n) is 5.73. The van der Waals surface area contributed by atoms with Gasteiger partial charge in [0.2, 0.25) is 0 Å². The van der Waals surface area contributed by atoms with Gasteiger partial charge < -0.3 is 0 Å². The second kappa shape index (κ2) is 4.65. The molecular weight excluding hydrogens is 180 g/mol. The van der Waals surface area contributed by atoms with Crippen LogP contribution in [0.2, 0.25) is 0 Å². The van der Waals surface area contributed by atoms with Gasteiger partial charge in [-0.05, 0) is 31.4 Å². The Morgan fingerprint density at radius 3 is 2.40 bits per heavy atom. The summed E-state index contributed by atoms with van der Waals surface area (Å²) >= 11 is 0. The lowest BCUT2D eigenvalue weighted by Crippen LogP contribution is -2.20. The van der Waals surface area contributed by atoms with Gasteiger partial charge in [-0.15, -0.1) is 0 Å². The Hall–Kier alpha value is -1.04. The van der Waals surface area contributed by atoms with Crippen molar-refractivity contribution in [1.29, 1.82) is 0 Å². The minimum atomic E-state index is 0.154. The first kappa shape index (κ1) is 12.0. The highest BCUT2D eigenvalue weighted by Crippen LogP contribution is 2.33. The van der Waals surface area contributed by atoms with E-state index in [0.717, 1.165) is 6.42 Å². The molecule has 0 atom stereocenters. The Balaban J connectivity index is 3.16. The molecule has 0 nitrogen and oxygen atoms in total. The van der Waals surface area contributed by atoms with Gasteiger partial charge in [-0.2, -0.15) is 0 Å². The number of hydrogen-bond donors (Lipinski definition) is 0. The molecule has 0 radical (unpaired) electrons. The van der Waals surface area contributed by atoms with E-state index in [-0.39, 0.29) is 5.41 Å². The molecule has 1 aromatic carbocycles. The minimum absolute atomic E-state index is 0.154. The van der Waals surface area contributed by atoms with E-state index in [1.807, 2.05) is 0 Å². The molecule has 0 amide bonds. The highest BCUT2D eigenvalue weighted by atomic mass is 14.3. The maximum absolute atomic E-state index is 2.33. The Morgan fingerprint density at radius 1 is 1.27 bits per heavy atom. The van der Waals surface area contributed by atoms with Crippen molar-refractivity contribution in [1.82, 2.24) is 0 Å². The average molecular weight is 202 g/mol. The zero-order valence-corrected chi connectivity index (χ0v) is 10.6. The Kier molecular flexibility index (Phi) is 3.73. The summed E-state index contributed by atoms with van der Waals surface area (Å²) < 4.78 is 0. The van der Waals surface area contributed by atoms with Crippen molar-refractivity contribution in [2.75, 3.05) is 0 Å². The number of rotatable bonds is 3. The predicted octanol–water partition coefficient (Wildman–Crippen LogP) is 4.63. The van der Waals surface area contributed by atoms with Crippen molar-refractivity contribution in [2.45, 2.75) is 46.5 Å². The quantitative estimate of drug-likeness (QED) is 0.627. The molecule has 0 bridgehead atoms. The summed E-state index contributed by atoms with van der Waals surface area (Å²) in [4.78, 5) is 0. The number of benzene rings is 1. The van der Waals surface area contributed by atoms with E-state index in [9.17, 15) is 0 Å². The highest BCUT2D eigenvalue weighted by Gasteiger charge is 2.23. The molecule has 1 rings (SSSR count). The van der Waals surface area contributed by atoms with Crippen LogP contribution in [0.25, 0.3) is 0 Å². The van der Waals surface area contributed by atoms with Gasteiger partial charge in [0, 0.05) is 5.41 Å². The maximum Gasteiger partial charge on any atom is 0.0105 e. The van der Waals surface area contributed by atoms with Gasteiger partial charge in [0.05, 0.1) is 0 Å². The summed E-state index contributed by atoms with van der Waals surface area (Å²) in [5, 5.41) is 0. The van der Waals surface area contributed by atoms with E-state index in [1.165, 1.54) is 16.7 Å². The van der Waals surface area contributed by atoms with Gasteiger partial charge in [-0.25, -0.2) is 0 Å². The van der Waals surface area contributed by atoms with Crippen molar-refractivity contribution in [2.24, 2.45) is 0 Å². The molecule has 0 heterocycles. The molecule has 0 unspecified atom stereocenters. The van der Waals surface area contributed by atoms with Crippen LogP contribution in [0.1, 0.15) is 45.2 Å². The van der Waals surface area contributed by atoms with E-state index < -0.39 is 0 Å². The summed E-state index contributed by atoms with van der Waals surface area (Å²) in [7, 11) is 0. The molecule has 0 aliphatic heterocycles. The Bertz CT molecular complexity index is 356. The van der Waals surface area contributed by atoms with Crippen LogP contribution in [0.4, 0.5) is 0 Å². The van der Waals surface area contributed by atoms with Crippen molar-refractivity contribution in [3.8, 4) is 0 Å². The van der Waals surface area contributed by atoms with Gasteiger partial charge in [-0.3, -0.25) is 0 Å². The molecule has 0 N–H and O–H groups in total. The molecular formula is C15H22. The maximum atomic E-state index is 2.33. The van der Waals surface area contributed by atoms with E-state index in [0.29, 0.717) is 0 Å². The van der Waals surface area contributed by atoms with E-state index in [2.05, 4.69) is 65.0 Å². The van der Waals surface area contributed by atoms with E-state index in [4.69, 9.17) is 0 Å². The van der Waals surface area contributed by atoms with Crippen LogP contribution in [-0.2, 0) is 5.41 Å². The van der Waals surface area contributed by atoms with Gasteiger partial charge in [0.25, 0.3) is 0 Å². The third-order valence-corrected chi connectivity index (χ3v) is 3.31. The van der Waals surface area contributed by atoms with Gasteiger partial charge in [0.15, 0.2) is 0 Å². The lowest BCUT2D eigenvalue weighted by molar-refractivity contribution is 0.616. The molecule has 0 saturated heterocycles. The van der Waals surface area contributed by atoms with Crippen LogP contribution in [0, 0.1) is 6.92 Å². The van der Waals surface area contributed by atoms with E-state index in [1.54, 1.807) is 0 Å². The van der Waals surface area contributed by atoms with Crippen molar-refractivity contribution in [3.05, 3.63) is 47.0 Å². The first-order valence-corrected chi connectivity index (χ1v) is 5.73. The van der Waals surface area contributed by atoms with Crippen LogP contribution in [0.15, 0.2) is 35.9 Å². The largest absolute Gasteiger partial charge is 0.0850 e. The summed E-state index contributed by atoms with van der Waals surface area (Å²) in [6, 6.07) is 8.66. The van der Waals surface area contributed by atoms with Crippen molar-refractivity contribution >= 4 is 0 Å². The second-order valence-corrected chi connectivity index (χ2v) is 4.74. The normalized spacial score (nSPS) is 13.0. The van der Waals surface area contributed by atoms with Crippen molar-refractivity contribution in [3.63, 3.8) is 0 Å². The summed E-state index contributed by atoms with van der Waals surface area (Å²) in [5.74, 6) is 0. The molecule has 0 fully saturated rings. The van der Waals surface area contributed by atoms with Gasteiger partial charge in [-0.1, -0.05) is 56.7 Å². The first-order chi connectivity index (χ1) is 7.00. The van der Waals surface area contributed by atoms with Crippen LogP contribution in [0.5, 0.6) is 0 Å². The Labute approximate surface area is 94.0 Å². The minimum Gasteiger partial charge on any atom is -0.0850 e. The molecule has 15 heavy (non-hydrogen) atoms. The van der Waals surface area contributed by atoms with E-state index >= 15 is 0 Å². The zero-order chi connectivity index (χ0) is 11.5. The van der Waals surface area contributed by atoms with Gasteiger partial charge >= 0.3 is 0 Å². The van der Waals surface area contributed by atoms with Gasteiger partial charge in [0.1, 0.15) is 0 Å². The lowest BCUT2D eigenvalue weighted by atomic mass is 9.76. The monoisotopic (exact) mass is 202 g/mol. The molecule has 82 valence electrons. The molecule has 0 heteroatoms. The number of aryl methyl sites for hydroxylation is 1. The zero-order valence-electron chi connectivity index (χ0n) is 10.6. The second-order valence-electron chi connectivity index (χ2n) is 4.74. The van der Waals surface area contributed by atoms with Crippen LogP contribution in [0.3, 0.4) is 0 Å². The molecule has 0 aliphatic rings. The van der Waals surface area contributed by atoms with Crippen LogP contribution < -0.4 is 0 Å². The molecule has 0 saturated carbocycles. The SMILES string of the molecule is CCC=C(C)C(C)(C)c1ccccc1C. The smallest absolute Gasteiger partial charge is 0.0105 e. The fraction of sp³-hybridized carbons (Fsp3) is 0.467. The third-order valence-electron chi connectivity index (χ3n) is 3.31. The Morgan fingerprint density at radius 2 is 1.87 bits per heavy atom. The topological polar surface area (TPSA) is 0 Å². The standard InChI is InChI=1S/C15H22/c1-6-9-13(3)15(4,5)14-11-8-7-10-12(14)2/h7-11H,6H2,1-5H3. The van der Waals surface area contributed by atoms with Crippen LogP contribution >= 0.6 is 0 Å². The fourth-order valence-electron chi connectivity index (χ4n) is 2.05. The molecule has 1 aromatic rings. The number of allylic oxidation sites excluding steroid dienone is 2. The molecule has 0 aliphatic carbocycles. The molecule has 0 aromatic heterocycles. The molecule has 0 spiro atoms. The summed E-state index contributed by atoms with van der Waals surface area (Å²) in [6.07, 6.45) is 3.44. The summed E-state index contributed by atoms with van der Waals surface area (Å²) in [5.41, 5.74) is 4.43. The fourth-order valence-corrected chi connectivity index (χ4v) is 2.05. The van der Waals surface area contributed by atoms with Crippen LogP contribution in [-0.4, -0.2) is 0 Å². The third kappa shape index (κ3) is 2.50. The lowest BCUT2D eigenvalue weighted by Gasteiger charge is -2.28. The number of hydrogen-bond acceptors (Lipinski definition) is 0. The predicted molar refractivity (Wildman–Crippen MR) is 68.3 cm³/mol. The highest BCUT2D eigenvalue weighted by molar-refractivity contribution is 5.38. The van der Waals surface area contributed by atoms with Crippen molar-refractivity contribution < 1.29 is 0 Å². The summed E-state index contributed by atoms with van der Waals surface area (Å²) in [6.45, 7) is 11.2.